The monoisotopic (exact) mass is 448 g/mol. The molecule has 0 aromatic heterocycles. The number of halogens is 1. The van der Waals surface area contributed by atoms with E-state index < -0.39 is 25.4 Å². The number of hydrogen-bond donors (Lipinski definition) is 2. The van der Waals surface area contributed by atoms with Crippen molar-refractivity contribution in [2.75, 3.05) is 0 Å². The zero-order valence-corrected chi connectivity index (χ0v) is 17.4. The Morgan fingerprint density at radius 1 is 1.16 bits per heavy atom. The summed E-state index contributed by atoms with van der Waals surface area (Å²) in [5.41, 5.74) is 0.839. The fourth-order valence-electron chi connectivity index (χ4n) is 3.06. The summed E-state index contributed by atoms with van der Waals surface area (Å²) in [6.45, 7) is -0.267. The van der Waals surface area contributed by atoms with Gasteiger partial charge in [0.2, 0.25) is 0 Å². The zero-order valence-electron chi connectivity index (χ0n) is 14.6. The number of hydrogen-bond acceptors (Lipinski definition) is 3. The van der Waals surface area contributed by atoms with E-state index >= 15 is 0 Å². The minimum absolute atomic E-state index is 0.267. The number of nitrogens with zero attached hydrogens (tertiary/aromatic N) is 1. The molecule has 0 aliphatic heterocycles. The van der Waals surface area contributed by atoms with Gasteiger partial charge in [-0.3, -0.25) is 0 Å². The van der Waals surface area contributed by atoms with Crippen molar-refractivity contribution in [1.29, 1.82) is 5.26 Å². The summed E-state index contributed by atoms with van der Waals surface area (Å²) in [5, 5.41) is 30.3. The average molecular weight is 447 g/mol. The van der Waals surface area contributed by atoms with Gasteiger partial charge in [-0.1, -0.05) is 0 Å². The molecular formula is C20H23FNO2Sn. The molecule has 0 saturated heterocycles. The standard InChI is InChI=1S/C18H17FNO2.2CH3.Sn/c1-2-9-18(22,15-4-6-16(19)7-5-15)17-8-3-13(11-20)10-14(17)12-21;;;/h3-8,10,21-22H,1-2,9,12H2;2*1H3;/t18-;;;/m0.../s1. The van der Waals surface area contributed by atoms with Gasteiger partial charge in [0.25, 0.3) is 0 Å². The third-order valence-corrected chi connectivity index (χ3v) is 8.25. The Balaban J connectivity index is 2.51. The molecule has 2 rings (SSSR count). The van der Waals surface area contributed by atoms with E-state index in [4.69, 9.17) is 5.26 Å². The van der Waals surface area contributed by atoms with Crippen LogP contribution >= 0.6 is 0 Å². The second-order valence-electron chi connectivity index (χ2n) is 6.57. The third-order valence-electron chi connectivity index (χ3n) is 4.39. The van der Waals surface area contributed by atoms with Crippen LogP contribution in [0.4, 0.5) is 4.39 Å². The van der Waals surface area contributed by atoms with Crippen LogP contribution < -0.4 is 0 Å². The van der Waals surface area contributed by atoms with E-state index in [-0.39, 0.29) is 12.4 Å². The van der Waals surface area contributed by atoms with E-state index in [1.807, 2.05) is 0 Å². The number of aliphatic hydroxyl groups excluding tert-OH is 1. The van der Waals surface area contributed by atoms with Crippen molar-refractivity contribution in [1.82, 2.24) is 0 Å². The molecule has 2 aromatic rings. The first kappa shape index (κ1) is 19.9. The molecule has 131 valence electrons. The summed E-state index contributed by atoms with van der Waals surface area (Å²) in [4.78, 5) is 4.64. The van der Waals surface area contributed by atoms with Gasteiger partial charge in [0.1, 0.15) is 0 Å². The number of aliphatic hydroxyl groups is 2. The Labute approximate surface area is 155 Å². The molecule has 0 spiro atoms. The van der Waals surface area contributed by atoms with Crippen LogP contribution in [0, 0.1) is 17.1 Å². The van der Waals surface area contributed by atoms with Crippen LogP contribution in [0.3, 0.4) is 0 Å². The van der Waals surface area contributed by atoms with Gasteiger partial charge in [-0.05, 0) is 0 Å². The molecule has 0 unspecified atom stereocenters. The van der Waals surface area contributed by atoms with Crippen LogP contribution in [0.1, 0.15) is 35.1 Å². The first-order chi connectivity index (χ1) is 11.9. The number of benzene rings is 2. The fraction of sp³-hybridized carbons (Fsp3) is 0.350. The molecule has 0 saturated carbocycles. The van der Waals surface area contributed by atoms with Gasteiger partial charge in [0.05, 0.1) is 0 Å². The molecule has 0 fully saturated rings. The molecule has 0 aliphatic carbocycles. The number of nitriles is 1. The van der Waals surface area contributed by atoms with Crippen molar-refractivity contribution in [3.8, 4) is 6.07 Å². The molecule has 1 atom stereocenters. The SMILES string of the molecule is [CH3][Sn]([CH3])[CH2]CC[C@](O)(c1ccc(F)cc1)c1ccc(C#N)cc1CO. The third kappa shape index (κ3) is 4.81. The maximum atomic E-state index is 13.3. The van der Waals surface area contributed by atoms with Crippen LogP contribution in [0.25, 0.3) is 0 Å². The molecular weight excluding hydrogens is 424 g/mol. The van der Waals surface area contributed by atoms with Gasteiger partial charge >= 0.3 is 156 Å². The van der Waals surface area contributed by atoms with E-state index in [1.54, 1.807) is 30.3 Å². The van der Waals surface area contributed by atoms with Crippen LogP contribution in [-0.2, 0) is 12.2 Å². The quantitative estimate of drug-likeness (QED) is 0.632. The summed E-state index contributed by atoms with van der Waals surface area (Å²) < 4.78 is 14.5. The predicted molar refractivity (Wildman–Crippen MR) is 98.0 cm³/mol. The van der Waals surface area contributed by atoms with Gasteiger partial charge in [-0.25, -0.2) is 0 Å². The Morgan fingerprint density at radius 3 is 2.40 bits per heavy atom. The zero-order chi connectivity index (χ0) is 18.4. The van der Waals surface area contributed by atoms with E-state index in [0.717, 1.165) is 10.9 Å². The normalized spacial score (nSPS) is 13.5. The van der Waals surface area contributed by atoms with Gasteiger partial charge in [-0.15, -0.1) is 0 Å². The van der Waals surface area contributed by atoms with Crippen LogP contribution in [0.5, 0.6) is 0 Å². The van der Waals surface area contributed by atoms with Gasteiger partial charge < -0.3 is 0 Å². The molecule has 5 heteroatoms. The van der Waals surface area contributed by atoms with Crippen molar-refractivity contribution >= 4 is 19.8 Å². The first-order valence-corrected chi connectivity index (χ1v) is 16.0. The topological polar surface area (TPSA) is 64.2 Å². The second-order valence-corrected chi connectivity index (χ2v) is 14.9. The Hall–Kier alpha value is -1.42. The molecule has 0 bridgehead atoms. The molecule has 1 radical (unpaired) electrons. The van der Waals surface area contributed by atoms with E-state index in [0.29, 0.717) is 28.7 Å². The van der Waals surface area contributed by atoms with Crippen molar-refractivity contribution in [3.05, 3.63) is 70.5 Å². The second kappa shape index (κ2) is 8.79. The Bertz CT molecular complexity index is 755. The molecule has 0 amide bonds. The van der Waals surface area contributed by atoms with Gasteiger partial charge in [-0.2, -0.15) is 0 Å². The maximum absolute atomic E-state index is 13.3. The molecule has 0 aliphatic rings. The van der Waals surface area contributed by atoms with E-state index in [2.05, 4.69) is 15.9 Å². The van der Waals surface area contributed by atoms with Crippen LogP contribution in [0.2, 0.25) is 14.3 Å². The Kier molecular flexibility index (Phi) is 7.00. The average Bonchev–Trinajstić information content (AvgIpc) is 2.61. The number of rotatable bonds is 7. The summed E-state index contributed by atoms with van der Waals surface area (Å²) in [5.74, 6) is -0.356. The van der Waals surface area contributed by atoms with Crippen molar-refractivity contribution < 1.29 is 14.6 Å². The molecule has 2 aromatic carbocycles. The van der Waals surface area contributed by atoms with E-state index in [1.165, 1.54) is 12.1 Å². The van der Waals surface area contributed by atoms with Crippen LogP contribution in [0.15, 0.2) is 42.5 Å². The summed E-state index contributed by atoms with van der Waals surface area (Å²) >= 11 is -1.28. The van der Waals surface area contributed by atoms with Crippen molar-refractivity contribution in [2.24, 2.45) is 0 Å². The summed E-state index contributed by atoms with van der Waals surface area (Å²) in [6.07, 6.45) is 1.38. The van der Waals surface area contributed by atoms with E-state index in [9.17, 15) is 14.6 Å². The van der Waals surface area contributed by atoms with Crippen molar-refractivity contribution in [3.63, 3.8) is 0 Å². The summed E-state index contributed by atoms with van der Waals surface area (Å²) in [6, 6.07) is 12.8. The van der Waals surface area contributed by atoms with Crippen molar-refractivity contribution in [2.45, 2.75) is 39.4 Å². The van der Waals surface area contributed by atoms with Crippen LogP contribution in [-0.4, -0.2) is 30.0 Å². The molecule has 3 nitrogen and oxygen atoms in total. The predicted octanol–water partition coefficient (Wildman–Crippen LogP) is 3.96. The molecule has 0 heterocycles. The Morgan fingerprint density at radius 2 is 1.84 bits per heavy atom. The first-order valence-electron chi connectivity index (χ1n) is 8.32. The minimum atomic E-state index is -1.31. The summed E-state index contributed by atoms with van der Waals surface area (Å²) in [7, 11) is 0. The van der Waals surface area contributed by atoms with Gasteiger partial charge in [0.15, 0.2) is 0 Å². The molecule has 2 N–H and O–H groups in total. The van der Waals surface area contributed by atoms with Gasteiger partial charge in [0, 0.05) is 0 Å². The molecule has 25 heavy (non-hydrogen) atoms. The fourth-order valence-corrected chi connectivity index (χ4v) is 5.58.